The maximum absolute atomic E-state index is 5.81. The molecule has 0 radical (unpaired) electrons. The molecule has 1 fully saturated rings. The average molecular weight is 284 g/mol. The normalized spacial score (nSPS) is 24.0. The van der Waals surface area contributed by atoms with Gasteiger partial charge in [-0.2, -0.15) is 0 Å². The lowest BCUT2D eigenvalue weighted by Crippen LogP contribution is -2.58. The molecule has 21 heavy (non-hydrogen) atoms. The summed E-state index contributed by atoms with van der Waals surface area (Å²) in [5.41, 5.74) is 1.12. The first-order valence-electron chi connectivity index (χ1n) is 7.97. The molecule has 0 aromatic heterocycles. The Labute approximate surface area is 129 Å². The smallest absolute Gasteiger partial charge is 0.0772 e. The van der Waals surface area contributed by atoms with Crippen LogP contribution in [-0.2, 0) is 0 Å². The van der Waals surface area contributed by atoms with Gasteiger partial charge in [-0.1, -0.05) is 50.1 Å². The Morgan fingerprint density at radius 2 is 2.00 bits per heavy atom. The van der Waals surface area contributed by atoms with E-state index in [1.54, 1.807) is 0 Å². The number of nitrogens with zero attached hydrogens (tertiary/aromatic N) is 1. The fourth-order valence-corrected chi connectivity index (χ4v) is 3.22. The first-order chi connectivity index (χ1) is 9.94. The van der Waals surface area contributed by atoms with E-state index in [1.807, 2.05) is 0 Å². The van der Waals surface area contributed by atoms with Crippen molar-refractivity contribution in [3.05, 3.63) is 35.9 Å². The van der Waals surface area contributed by atoms with Crippen molar-refractivity contribution in [2.75, 3.05) is 13.1 Å². The highest BCUT2D eigenvalue weighted by Gasteiger charge is 2.37. The Morgan fingerprint density at radius 3 is 2.57 bits per heavy atom. The van der Waals surface area contributed by atoms with Crippen molar-refractivity contribution in [1.82, 2.24) is 10.2 Å². The Bertz CT molecular complexity index is 484. The molecule has 0 aliphatic carbocycles. The minimum absolute atomic E-state index is 0.224. The monoisotopic (exact) mass is 284 g/mol. The lowest BCUT2D eigenvalue weighted by Gasteiger charge is -2.47. The average Bonchev–Trinajstić information content (AvgIpc) is 2.47. The third-order valence-electron chi connectivity index (χ3n) is 4.40. The fraction of sp³-hybridized carbons (Fsp3) is 0.579. The van der Waals surface area contributed by atoms with Crippen LogP contribution in [0.15, 0.2) is 30.3 Å². The van der Waals surface area contributed by atoms with E-state index in [0.717, 1.165) is 13.1 Å². The molecule has 1 aliphatic heterocycles. The minimum atomic E-state index is -0.224. The maximum atomic E-state index is 5.81. The zero-order valence-corrected chi connectivity index (χ0v) is 13.8. The molecular formula is C19H28N2. The van der Waals surface area contributed by atoms with E-state index in [0.29, 0.717) is 18.0 Å². The Balaban J connectivity index is 2.23. The van der Waals surface area contributed by atoms with Crippen molar-refractivity contribution < 1.29 is 0 Å². The molecule has 2 nitrogen and oxygen atoms in total. The van der Waals surface area contributed by atoms with Crippen LogP contribution >= 0.6 is 0 Å². The van der Waals surface area contributed by atoms with Gasteiger partial charge in [-0.15, -0.1) is 6.42 Å². The molecule has 0 amide bonds. The number of rotatable bonds is 4. The summed E-state index contributed by atoms with van der Waals surface area (Å²) in [5, 5.41) is 3.71. The molecule has 1 aliphatic rings. The first-order valence-corrected chi connectivity index (χ1v) is 7.97. The molecule has 1 aromatic rings. The van der Waals surface area contributed by atoms with Crippen LogP contribution in [0.1, 0.15) is 45.7 Å². The second-order valence-electron chi connectivity index (χ2n) is 7.02. The summed E-state index contributed by atoms with van der Waals surface area (Å²) in [5.74, 6) is 3.68. The van der Waals surface area contributed by atoms with Gasteiger partial charge in [0.05, 0.1) is 5.54 Å². The van der Waals surface area contributed by atoms with Crippen molar-refractivity contribution in [3.8, 4) is 12.3 Å². The largest absolute Gasteiger partial charge is 0.311 e. The van der Waals surface area contributed by atoms with Crippen LogP contribution in [-0.4, -0.2) is 29.6 Å². The molecule has 2 atom stereocenters. The van der Waals surface area contributed by atoms with Crippen molar-refractivity contribution >= 4 is 0 Å². The number of hydrogen-bond acceptors (Lipinski definition) is 2. The molecule has 1 N–H and O–H groups in total. The van der Waals surface area contributed by atoms with Crippen LogP contribution in [0, 0.1) is 18.3 Å². The highest BCUT2D eigenvalue weighted by atomic mass is 15.3. The maximum Gasteiger partial charge on any atom is 0.0772 e. The first kappa shape index (κ1) is 16.1. The molecule has 2 rings (SSSR count). The van der Waals surface area contributed by atoms with Gasteiger partial charge in [0.25, 0.3) is 0 Å². The Hall–Kier alpha value is -1.30. The van der Waals surface area contributed by atoms with Gasteiger partial charge in [-0.3, -0.25) is 4.90 Å². The van der Waals surface area contributed by atoms with Crippen LogP contribution < -0.4 is 5.32 Å². The predicted octanol–water partition coefficient (Wildman–Crippen LogP) is 3.46. The lowest BCUT2D eigenvalue weighted by molar-refractivity contribution is 0.0573. The molecular weight excluding hydrogens is 256 g/mol. The molecule has 0 spiro atoms. The predicted molar refractivity (Wildman–Crippen MR) is 90.0 cm³/mol. The molecule has 2 unspecified atom stereocenters. The van der Waals surface area contributed by atoms with Crippen molar-refractivity contribution in [1.29, 1.82) is 0 Å². The quantitative estimate of drug-likeness (QED) is 0.852. The van der Waals surface area contributed by atoms with E-state index < -0.39 is 0 Å². The molecule has 1 aromatic carbocycles. The number of nitrogens with one attached hydrogen (secondary N) is 1. The Morgan fingerprint density at radius 1 is 1.33 bits per heavy atom. The fourth-order valence-electron chi connectivity index (χ4n) is 3.22. The topological polar surface area (TPSA) is 15.3 Å². The van der Waals surface area contributed by atoms with E-state index in [1.165, 1.54) is 12.0 Å². The third kappa shape index (κ3) is 3.87. The number of piperazine rings is 1. The van der Waals surface area contributed by atoms with Gasteiger partial charge < -0.3 is 5.32 Å². The third-order valence-corrected chi connectivity index (χ3v) is 4.40. The van der Waals surface area contributed by atoms with Crippen LogP contribution in [0.4, 0.5) is 0 Å². The summed E-state index contributed by atoms with van der Waals surface area (Å²) in [6, 6.07) is 11.6. The summed E-state index contributed by atoms with van der Waals surface area (Å²) in [4.78, 5) is 2.49. The van der Waals surface area contributed by atoms with Crippen LogP contribution in [0.5, 0.6) is 0 Å². The van der Waals surface area contributed by atoms with Gasteiger partial charge in [0, 0.05) is 25.2 Å². The zero-order chi connectivity index (χ0) is 15.5. The van der Waals surface area contributed by atoms with E-state index in [2.05, 4.69) is 74.2 Å². The van der Waals surface area contributed by atoms with E-state index >= 15 is 0 Å². The van der Waals surface area contributed by atoms with E-state index in [4.69, 9.17) is 6.42 Å². The SMILES string of the molecule is C#CC(C)(C)N1CC(CC(C)C)NCC1c1ccccc1. The molecule has 1 heterocycles. The highest BCUT2D eigenvalue weighted by Crippen LogP contribution is 2.31. The van der Waals surface area contributed by atoms with Crippen molar-refractivity contribution in [3.63, 3.8) is 0 Å². The van der Waals surface area contributed by atoms with Gasteiger partial charge in [0.2, 0.25) is 0 Å². The summed E-state index contributed by atoms with van der Waals surface area (Å²) >= 11 is 0. The van der Waals surface area contributed by atoms with Crippen LogP contribution in [0.25, 0.3) is 0 Å². The molecule has 0 bridgehead atoms. The van der Waals surface area contributed by atoms with Gasteiger partial charge >= 0.3 is 0 Å². The summed E-state index contributed by atoms with van der Waals surface area (Å²) < 4.78 is 0. The summed E-state index contributed by atoms with van der Waals surface area (Å²) in [7, 11) is 0. The van der Waals surface area contributed by atoms with Gasteiger partial charge in [0.15, 0.2) is 0 Å². The molecule has 1 saturated heterocycles. The van der Waals surface area contributed by atoms with E-state index in [9.17, 15) is 0 Å². The molecule has 0 saturated carbocycles. The number of hydrogen-bond donors (Lipinski definition) is 1. The standard InChI is InChI=1S/C19H28N2/c1-6-19(4,5)21-14-17(12-15(2)3)20-13-18(21)16-10-8-7-9-11-16/h1,7-11,15,17-18,20H,12-14H2,2-5H3. The molecule has 114 valence electrons. The lowest BCUT2D eigenvalue weighted by atomic mass is 9.91. The minimum Gasteiger partial charge on any atom is -0.311 e. The summed E-state index contributed by atoms with van der Waals surface area (Å²) in [6.45, 7) is 10.8. The van der Waals surface area contributed by atoms with Crippen LogP contribution in [0.2, 0.25) is 0 Å². The highest BCUT2D eigenvalue weighted by molar-refractivity contribution is 5.23. The second kappa shape index (κ2) is 6.64. The second-order valence-corrected chi connectivity index (χ2v) is 7.02. The number of benzene rings is 1. The van der Waals surface area contributed by atoms with Gasteiger partial charge in [-0.25, -0.2) is 0 Å². The number of terminal acetylenes is 1. The van der Waals surface area contributed by atoms with E-state index in [-0.39, 0.29) is 5.54 Å². The summed E-state index contributed by atoms with van der Waals surface area (Å²) in [6.07, 6.45) is 7.01. The van der Waals surface area contributed by atoms with Crippen molar-refractivity contribution in [2.45, 2.75) is 51.7 Å². The van der Waals surface area contributed by atoms with Gasteiger partial charge in [0.1, 0.15) is 0 Å². The molecule has 2 heteroatoms. The van der Waals surface area contributed by atoms with Gasteiger partial charge in [-0.05, 0) is 31.7 Å². The zero-order valence-electron chi connectivity index (χ0n) is 13.8. The Kier molecular flexibility index (Phi) is 5.08. The van der Waals surface area contributed by atoms with Crippen molar-refractivity contribution in [2.24, 2.45) is 5.92 Å². The van der Waals surface area contributed by atoms with Crippen LogP contribution in [0.3, 0.4) is 0 Å².